The summed E-state index contributed by atoms with van der Waals surface area (Å²) in [5.41, 5.74) is 2.28. The van der Waals surface area contributed by atoms with Gasteiger partial charge in [-0.25, -0.2) is 0 Å². The molecule has 0 spiro atoms. The highest BCUT2D eigenvalue weighted by Gasteiger charge is 2.10. The van der Waals surface area contributed by atoms with Crippen LogP contribution in [-0.2, 0) is 6.54 Å². The molecule has 0 aliphatic carbocycles. The van der Waals surface area contributed by atoms with E-state index in [-0.39, 0.29) is 0 Å². The number of rotatable bonds is 6. The third kappa shape index (κ3) is 3.09. The summed E-state index contributed by atoms with van der Waals surface area (Å²) in [4.78, 5) is 0. The van der Waals surface area contributed by atoms with Crippen LogP contribution in [0.4, 0.5) is 0 Å². The molecule has 0 radical (unpaired) electrons. The fourth-order valence-electron chi connectivity index (χ4n) is 2.23. The number of para-hydroxylation sites is 1. The largest absolute Gasteiger partial charge is 0.461 e. The van der Waals surface area contributed by atoms with Crippen molar-refractivity contribution in [2.75, 3.05) is 18.6 Å². The zero-order valence-corrected chi connectivity index (χ0v) is 12.1. The molecule has 1 aromatic carbocycles. The molecule has 0 saturated carbocycles. The SMILES string of the molecule is CSCC(C)CNCc1c(C)oc2ccccc12. The highest BCUT2D eigenvalue weighted by atomic mass is 32.2. The minimum absolute atomic E-state index is 0.707. The second-order valence-corrected chi connectivity index (χ2v) is 5.74. The first-order valence-electron chi connectivity index (χ1n) is 6.39. The summed E-state index contributed by atoms with van der Waals surface area (Å²) in [6, 6.07) is 8.25. The lowest BCUT2D eigenvalue weighted by atomic mass is 10.1. The lowest BCUT2D eigenvalue weighted by Gasteiger charge is -2.10. The van der Waals surface area contributed by atoms with Crippen molar-refractivity contribution in [1.29, 1.82) is 0 Å². The molecule has 98 valence electrons. The molecular weight excluding hydrogens is 242 g/mol. The van der Waals surface area contributed by atoms with Gasteiger partial charge in [-0.1, -0.05) is 25.1 Å². The minimum atomic E-state index is 0.707. The van der Waals surface area contributed by atoms with Crippen molar-refractivity contribution in [1.82, 2.24) is 5.32 Å². The normalized spacial score (nSPS) is 13.1. The van der Waals surface area contributed by atoms with Crippen molar-refractivity contribution < 1.29 is 4.42 Å². The first-order chi connectivity index (χ1) is 8.72. The number of benzene rings is 1. The second-order valence-electron chi connectivity index (χ2n) is 4.82. The summed E-state index contributed by atoms with van der Waals surface area (Å²) in [7, 11) is 0. The van der Waals surface area contributed by atoms with Crippen LogP contribution < -0.4 is 5.32 Å². The summed E-state index contributed by atoms with van der Waals surface area (Å²) < 4.78 is 5.76. The Morgan fingerprint density at radius 1 is 1.33 bits per heavy atom. The Kier molecular flexibility index (Phi) is 4.72. The molecule has 2 aromatic rings. The molecule has 1 unspecified atom stereocenters. The van der Waals surface area contributed by atoms with E-state index in [1.54, 1.807) is 0 Å². The van der Waals surface area contributed by atoms with Crippen molar-refractivity contribution in [2.24, 2.45) is 5.92 Å². The Hall–Kier alpha value is -0.930. The van der Waals surface area contributed by atoms with E-state index >= 15 is 0 Å². The standard InChI is InChI=1S/C15H21NOS/c1-11(10-18-3)8-16-9-14-12(2)17-15-7-5-4-6-13(14)15/h4-7,11,16H,8-10H2,1-3H3. The third-order valence-corrected chi connectivity index (χ3v) is 4.05. The van der Waals surface area contributed by atoms with Gasteiger partial charge in [-0.05, 0) is 37.5 Å². The fourth-order valence-corrected chi connectivity index (χ4v) is 2.91. The number of fused-ring (bicyclic) bond motifs is 1. The third-order valence-electron chi connectivity index (χ3n) is 3.15. The summed E-state index contributed by atoms with van der Waals surface area (Å²) in [6.45, 7) is 6.27. The molecular formula is C15H21NOS. The predicted molar refractivity (Wildman–Crippen MR) is 80.2 cm³/mol. The van der Waals surface area contributed by atoms with E-state index in [1.165, 1.54) is 16.7 Å². The van der Waals surface area contributed by atoms with Gasteiger partial charge in [0, 0.05) is 17.5 Å². The van der Waals surface area contributed by atoms with Gasteiger partial charge in [-0.3, -0.25) is 0 Å². The van der Waals surface area contributed by atoms with Gasteiger partial charge in [-0.2, -0.15) is 11.8 Å². The lowest BCUT2D eigenvalue weighted by Crippen LogP contribution is -2.22. The molecule has 1 N–H and O–H groups in total. The van der Waals surface area contributed by atoms with E-state index < -0.39 is 0 Å². The van der Waals surface area contributed by atoms with Gasteiger partial charge in [-0.15, -0.1) is 0 Å². The van der Waals surface area contributed by atoms with Gasteiger partial charge >= 0.3 is 0 Å². The molecule has 0 aliphatic heterocycles. The van der Waals surface area contributed by atoms with Crippen molar-refractivity contribution >= 4 is 22.7 Å². The Balaban J connectivity index is 2.01. The summed E-state index contributed by atoms with van der Waals surface area (Å²) in [5.74, 6) is 2.94. The van der Waals surface area contributed by atoms with Crippen molar-refractivity contribution in [2.45, 2.75) is 20.4 Å². The highest BCUT2D eigenvalue weighted by Crippen LogP contribution is 2.24. The average Bonchev–Trinajstić information content (AvgIpc) is 2.66. The second kappa shape index (κ2) is 6.30. The Labute approximate surface area is 113 Å². The molecule has 2 nitrogen and oxygen atoms in total. The van der Waals surface area contributed by atoms with Crippen molar-refractivity contribution in [3.8, 4) is 0 Å². The topological polar surface area (TPSA) is 25.2 Å². The molecule has 0 amide bonds. The molecule has 0 bridgehead atoms. The van der Waals surface area contributed by atoms with Gasteiger partial charge in [0.15, 0.2) is 0 Å². The number of nitrogens with one attached hydrogen (secondary N) is 1. The molecule has 1 atom stereocenters. The van der Waals surface area contributed by atoms with Crippen LogP contribution in [0.25, 0.3) is 11.0 Å². The van der Waals surface area contributed by atoms with Gasteiger partial charge in [0.1, 0.15) is 11.3 Å². The van der Waals surface area contributed by atoms with E-state index in [0.717, 1.165) is 24.4 Å². The summed E-state index contributed by atoms with van der Waals surface area (Å²) in [6.07, 6.45) is 2.16. The smallest absolute Gasteiger partial charge is 0.134 e. The fraction of sp³-hybridized carbons (Fsp3) is 0.467. The van der Waals surface area contributed by atoms with Gasteiger partial charge in [0.25, 0.3) is 0 Å². The van der Waals surface area contributed by atoms with Crippen LogP contribution in [0.15, 0.2) is 28.7 Å². The maximum atomic E-state index is 5.76. The zero-order valence-electron chi connectivity index (χ0n) is 11.3. The molecule has 0 fully saturated rings. The predicted octanol–water partition coefficient (Wildman–Crippen LogP) is 3.83. The quantitative estimate of drug-likeness (QED) is 0.857. The van der Waals surface area contributed by atoms with Crippen LogP contribution in [-0.4, -0.2) is 18.6 Å². The van der Waals surface area contributed by atoms with E-state index in [9.17, 15) is 0 Å². The highest BCUT2D eigenvalue weighted by molar-refractivity contribution is 7.98. The Morgan fingerprint density at radius 3 is 2.89 bits per heavy atom. The van der Waals surface area contributed by atoms with Crippen LogP contribution in [0.2, 0.25) is 0 Å². The Bertz CT molecular complexity index is 506. The van der Waals surface area contributed by atoms with Gasteiger partial charge in [0.2, 0.25) is 0 Å². The molecule has 1 aromatic heterocycles. The van der Waals surface area contributed by atoms with Crippen molar-refractivity contribution in [3.63, 3.8) is 0 Å². The van der Waals surface area contributed by atoms with Crippen LogP contribution in [0.3, 0.4) is 0 Å². The van der Waals surface area contributed by atoms with Crippen LogP contribution in [0.5, 0.6) is 0 Å². The summed E-state index contributed by atoms with van der Waals surface area (Å²) >= 11 is 1.90. The average molecular weight is 263 g/mol. The van der Waals surface area contributed by atoms with Crippen LogP contribution >= 0.6 is 11.8 Å². The first kappa shape index (κ1) is 13.5. The number of thioether (sulfide) groups is 1. The number of aryl methyl sites for hydroxylation is 1. The van der Waals surface area contributed by atoms with Crippen LogP contribution in [0.1, 0.15) is 18.2 Å². The van der Waals surface area contributed by atoms with E-state index in [1.807, 2.05) is 30.8 Å². The zero-order chi connectivity index (χ0) is 13.0. The monoisotopic (exact) mass is 263 g/mol. The van der Waals surface area contributed by atoms with Crippen LogP contribution in [0, 0.1) is 12.8 Å². The van der Waals surface area contributed by atoms with E-state index in [4.69, 9.17) is 4.42 Å². The Morgan fingerprint density at radius 2 is 2.11 bits per heavy atom. The first-order valence-corrected chi connectivity index (χ1v) is 7.78. The maximum Gasteiger partial charge on any atom is 0.134 e. The molecule has 1 heterocycles. The molecule has 18 heavy (non-hydrogen) atoms. The molecule has 3 heteroatoms. The maximum absolute atomic E-state index is 5.76. The summed E-state index contributed by atoms with van der Waals surface area (Å²) in [5, 5.41) is 4.77. The van der Waals surface area contributed by atoms with Gasteiger partial charge in [0.05, 0.1) is 0 Å². The lowest BCUT2D eigenvalue weighted by molar-refractivity contribution is 0.541. The number of furan rings is 1. The minimum Gasteiger partial charge on any atom is -0.461 e. The van der Waals surface area contributed by atoms with Gasteiger partial charge < -0.3 is 9.73 Å². The van der Waals surface area contributed by atoms with E-state index in [2.05, 4.69) is 30.6 Å². The number of hydrogen-bond donors (Lipinski definition) is 1. The van der Waals surface area contributed by atoms with Crippen molar-refractivity contribution in [3.05, 3.63) is 35.6 Å². The van der Waals surface area contributed by atoms with E-state index in [0.29, 0.717) is 5.92 Å². The molecule has 2 rings (SSSR count). The molecule has 0 saturated heterocycles. The molecule has 0 aliphatic rings. The number of hydrogen-bond acceptors (Lipinski definition) is 3.